The van der Waals surface area contributed by atoms with Crippen LogP contribution in [0.2, 0.25) is 5.02 Å². The number of fused-ring (bicyclic) bond motifs is 1. The van der Waals surface area contributed by atoms with Gasteiger partial charge in [-0.25, -0.2) is 4.68 Å². The maximum Gasteiger partial charge on any atom is 0.247 e. The van der Waals surface area contributed by atoms with Gasteiger partial charge in [-0.3, -0.25) is 9.59 Å². The van der Waals surface area contributed by atoms with Gasteiger partial charge in [0.25, 0.3) is 0 Å². The van der Waals surface area contributed by atoms with Crippen LogP contribution < -0.4 is 10.1 Å². The number of amides is 2. The molecule has 9 nitrogen and oxygen atoms in total. The summed E-state index contributed by atoms with van der Waals surface area (Å²) >= 11 is 6.52. The molecular formula is C30H32ClN5O4. The maximum absolute atomic E-state index is 14.1. The first-order valence-corrected chi connectivity index (χ1v) is 13.8. The van der Waals surface area contributed by atoms with Crippen LogP contribution in [-0.4, -0.2) is 50.0 Å². The molecule has 1 fully saturated rings. The molecule has 0 saturated heterocycles. The summed E-state index contributed by atoms with van der Waals surface area (Å²) in [6.45, 7) is -0.0685. The van der Waals surface area contributed by atoms with E-state index in [2.05, 4.69) is 15.6 Å². The van der Waals surface area contributed by atoms with Crippen LogP contribution >= 0.6 is 11.6 Å². The van der Waals surface area contributed by atoms with E-state index in [1.807, 2.05) is 42.5 Å². The number of carbonyl (C=O) groups excluding carboxylic acids is 2. The van der Waals surface area contributed by atoms with E-state index in [1.54, 1.807) is 18.2 Å². The molecule has 1 aromatic heterocycles. The predicted octanol–water partition coefficient (Wildman–Crippen LogP) is 5.02. The Kier molecular flexibility index (Phi) is 8.50. The number of para-hydroxylation sites is 1. The molecule has 0 aliphatic heterocycles. The van der Waals surface area contributed by atoms with E-state index in [1.165, 1.54) is 22.8 Å². The standard InChI is InChI=1S/C30H32ClN5O4/c1-40-27-16-15-20(17-26(27)37)29(30(39)32-22-10-3-2-4-11-22)35(18-21-9-5-6-12-23(21)31)28(38)19-36-25-14-8-7-13-24(25)33-34-36/h5-9,12-17,22,29,37H,2-4,10-11,18-19H2,1H3,(H,32,39)/t29-/m0/s1. The fraction of sp³-hybridized carbons (Fsp3) is 0.333. The molecule has 4 aromatic rings. The largest absolute Gasteiger partial charge is 0.504 e. The van der Waals surface area contributed by atoms with Gasteiger partial charge in [-0.1, -0.05) is 72.5 Å². The van der Waals surface area contributed by atoms with Crippen molar-refractivity contribution < 1.29 is 19.4 Å². The van der Waals surface area contributed by atoms with Gasteiger partial charge in [0.15, 0.2) is 11.5 Å². The van der Waals surface area contributed by atoms with E-state index >= 15 is 0 Å². The Balaban J connectivity index is 1.56. The number of nitrogens with one attached hydrogen (secondary N) is 1. The maximum atomic E-state index is 14.1. The Bertz CT molecular complexity index is 1500. The topological polar surface area (TPSA) is 110 Å². The number of halogens is 1. The first-order valence-electron chi connectivity index (χ1n) is 13.4. The van der Waals surface area contributed by atoms with Crippen molar-refractivity contribution >= 4 is 34.4 Å². The third kappa shape index (κ3) is 6.04. The number of phenolic OH excluding ortho intramolecular Hbond substituents is 1. The lowest BCUT2D eigenvalue weighted by molar-refractivity contribution is -0.142. The van der Waals surface area contributed by atoms with Crippen molar-refractivity contribution in [3.8, 4) is 11.5 Å². The number of aromatic nitrogens is 3. The molecule has 0 unspecified atom stereocenters. The van der Waals surface area contributed by atoms with Crippen LogP contribution in [0.25, 0.3) is 11.0 Å². The van der Waals surface area contributed by atoms with Gasteiger partial charge in [-0.15, -0.1) is 5.10 Å². The van der Waals surface area contributed by atoms with E-state index in [4.69, 9.17) is 16.3 Å². The molecule has 1 aliphatic carbocycles. The third-order valence-corrected chi connectivity index (χ3v) is 7.72. The van der Waals surface area contributed by atoms with Crippen LogP contribution in [0.5, 0.6) is 11.5 Å². The number of carbonyl (C=O) groups is 2. The van der Waals surface area contributed by atoms with E-state index < -0.39 is 6.04 Å². The summed E-state index contributed by atoms with van der Waals surface area (Å²) in [5, 5.41) is 22.6. The summed E-state index contributed by atoms with van der Waals surface area (Å²) in [6.07, 6.45) is 5.00. The number of benzene rings is 3. The third-order valence-electron chi connectivity index (χ3n) is 7.35. The van der Waals surface area contributed by atoms with Crippen molar-refractivity contribution in [3.63, 3.8) is 0 Å². The van der Waals surface area contributed by atoms with Crippen LogP contribution in [0.3, 0.4) is 0 Å². The molecule has 1 heterocycles. The minimum Gasteiger partial charge on any atom is -0.504 e. The van der Waals surface area contributed by atoms with Gasteiger partial charge in [0.05, 0.1) is 12.6 Å². The Morgan fingerprint density at radius 3 is 2.60 bits per heavy atom. The second-order valence-electron chi connectivity index (χ2n) is 10.0. The molecule has 208 valence electrons. The second kappa shape index (κ2) is 12.4. The normalized spacial score (nSPS) is 14.6. The summed E-state index contributed by atoms with van der Waals surface area (Å²) in [5.41, 5.74) is 2.52. The molecular weight excluding hydrogens is 530 g/mol. The predicted molar refractivity (Wildman–Crippen MR) is 152 cm³/mol. The Morgan fingerprint density at radius 2 is 1.85 bits per heavy atom. The number of ether oxygens (including phenoxy) is 1. The fourth-order valence-corrected chi connectivity index (χ4v) is 5.46. The van der Waals surface area contributed by atoms with Gasteiger partial charge < -0.3 is 20.1 Å². The Hall–Kier alpha value is -4.11. The van der Waals surface area contributed by atoms with Crippen LogP contribution in [0.1, 0.15) is 49.3 Å². The van der Waals surface area contributed by atoms with Crippen LogP contribution in [0, 0.1) is 0 Å². The van der Waals surface area contributed by atoms with Crippen molar-refractivity contribution in [1.82, 2.24) is 25.2 Å². The number of nitrogens with zero attached hydrogens (tertiary/aromatic N) is 4. The zero-order valence-corrected chi connectivity index (χ0v) is 23.1. The summed E-state index contributed by atoms with van der Waals surface area (Å²) in [4.78, 5) is 29.6. The van der Waals surface area contributed by atoms with Crippen molar-refractivity contribution in [2.24, 2.45) is 0 Å². The minimum absolute atomic E-state index is 0.0205. The van der Waals surface area contributed by atoms with Gasteiger partial charge >= 0.3 is 0 Å². The summed E-state index contributed by atoms with van der Waals surface area (Å²) in [7, 11) is 1.46. The molecule has 1 saturated carbocycles. The number of hydrogen-bond donors (Lipinski definition) is 2. The molecule has 1 atom stereocenters. The van der Waals surface area contributed by atoms with Crippen molar-refractivity contribution in [3.05, 3.63) is 82.9 Å². The molecule has 10 heteroatoms. The van der Waals surface area contributed by atoms with Crippen molar-refractivity contribution in [1.29, 1.82) is 0 Å². The number of phenols is 1. The monoisotopic (exact) mass is 561 g/mol. The summed E-state index contributed by atoms with van der Waals surface area (Å²) < 4.78 is 6.75. The highest BCUT2D eigenvalue weighted by Crippen LogP contribution is 2.33. The zero-order chi connectivity index (χ0) is 28.1. The molecule has 1 aliphatic rings. The minimum atomic E-state index is -1.04. The van der Waals surface area contributed by atoms with E-state index in [9.17, 15) is 14.7 Å². The first-order chi connectivity index (χ1) is 19.4. The smallest absolute Gasteiger partial charge is 0.247 e. The SMILES string of the molecule is COc1ccc([C@@H](C(=O)NC2CCCCC2)N(Cc2ccccc2Cl)C(=O)Cn2nnc3ccccc32)cc1O. The van der Waals surface area contributed by atoms with Gasteiger partial charge in [-0.05, 0) is 54.3 Å². The summed E-state index contributed by atoms with van der Waals surface area (Å²) in [5.74, 6) is -0.522. The lowest BCUT2D eigenvalue weighted by atomic mass is 9.94. The molecule has 0 spiro atoms. The zero-order valence-electron chi connectivity index (χ0n) is 22.3. The molecule has 0 radical (unpaired) electrons. The average Bonchev–Trinajstić information content (AvgIpc) is 3.37. The highest BCUT2D eigenvalue weighted by atomic mass is 35.5. The van der Waals surface area contributed by atoms with Gasteiger partial charge in [0.2, 0.25) is 11.8 Å². The Labute approximate surface area is 237 Å². The first kappa shape index (κ1) is 27.5. The quantitative estimate of drug-likeness (QED) is 0.297. The van der Waals surface area contributed by atoms with E-state index in [0.29, 0.717) is 27.2 Å². The molecule has 5 rings (SSSR count). The van der Waals surface area contributed by atoms with Crippen molar-refractivity contribution in [2.45, 2.75) is 57.3 Å². The lowest BCUT2D eigenvalue weighted by Crippen LogP contribution is -2.47. The number of rotatable bonds is 9. The van der Waals surface area contributed by atoms with Crippen LogP contribution in [0.15, 0.2) is 66.7 Å². The Morgan fingerprint density at radius 1 is 1.10 bits per heavy atom. The molecule has 40 heavy (non-hydrogen) atoms. The molecule has 2 N–H and O–H groups in total. The number of aromatic hydroxyl groups is 1. The number of methoxy groups -OCH3 is 1. The fourth-order valence-electron chi connectivity index (χ4n) is 5.26. The van der Waals surface area contributed by atoms with Gasteiger partial charge in [-0.2, -0.15) is 0 Å². The van der Waals surface area contributed by atoms with Gasteiger partial charge in [0, 0.05) is 17.6 Å². The summed E-state index contributed by atoms with van der Waals surface area (Å²) in [6, 6.07) is 18.3. The van der Waals surface area contributed by atoms with Crippen LogP contribution in [0.4, 0.5) is 0 Å². The lowest BCUT2D eigenvalue weighted by Gasteiger charge is -2.34. The van der Waals surface area contributed by atoms with E-state index in [0.717, 1.165) is 32.1 Å². The highest BCUT2D eigenvalue weighted by molar-refractivity contribution is 6.31. The van der Waals surface area contributed by atoms with E-state index in [-0.39, 0.29) is 42.4 Å². The van der Waals surface area contributed by atoms with Gasteiger partial charge in [0.1, 0.15) is 18.1 Å². The second-order valence-corrected chi connectivity index (χ2v) is 10.4. The average molecular weight is 562 g/mol. The highest BCUT2D eigenvalue weighted by Gasteiger charge is 2.34. The molecule has 2 amide bonds. The number of hydrogen-bond acceptors (Lipinski definition) is 6. The van der Waals surface area contributed by atoms with Crippen LogP contribution in [-0.2, 0) is 22.7 Å². The van der Waals surface area contributed by atoms with Crippen molar-refractivity contribution in [2.75, 3.05) is 7.11 Å². The molecule has 0 bridgehead atoms. The molecule has 3 aromatic carbocycles.